The van der Waals surface area contributed by atoms with E-state index in [9.17, 15) is 0 Å². The van der Waals surface area contributed by atoms with Crippen molar-refractivity contribution < 1.29 is 4.18 Å². The topological polar surface area (TPSA) is 90.3 Å². The van der Waals surface area contributed by atoms with Gasteiger partial charge in [-0.1, -0.05) is 26.7 Å². The summed E-state index contributed by atoms with van der Waals surface area (Å²) in [4.78, 5) is 10.6. The maximum atomic E-state index is 5.35. The molecule has 8 heteroatoms. The molecule has 0 fully saturated rings. The van der Waals surface area contributed by atoms with Gasteiger partial charge in [-0.15, -0.1) is 0 Å². The Morgan fingerprint density at radius 3 is 2.16 bits per heavy atom. The summed E-state index contributed by atoms with van der Waals surface area (Å²) in [5, 5.41) is 0. The predicted octanol–water partition coefficient (Wildman–Crippen LogP) is 4.11. The van der Waals surface area contributed by atoms with Crippen molar-refractivity contribution in [3.63, 3.8) is 0 Å². The molecule has 1 rings (SSSR count). The third-order valence-electron chi connectivity index (χ3n) is 3.20. The average Bonchev–Trinajstić information content (AvgIpc) is 2.63. The molecule has 0 aliphatic heterocycles. The van der Waals surface area contributed by atoms with E-state index in [-0.39, 0.29) is 6.04 Å². The average molecular weight is 485 g/mol. The molecule has 1 atom stereocenters. The van der Waals surface area contributed by atoms with Crippen molar-refractivity contribution in [3.8, 4) is 0 Å². The number of rotatable bonds is 9. The van der Waals surface area contributed by atoms with Crippen molar-refractivity contribution in [1.29, 1.82) is 0 Å². The SMILES string of the molecule is CCC(N)CN.CCCCCN(C)c1ncc(C)cn1.CCOSI. The molecule has 1 heterocycles. The molecule has 0 bridgehead atoms. The number of halogens is 1. The molecular weight excluding hydrogens is 449 g/mol. The van der Waals surface area contributed by atoms with Crippen LogP contribution >= 0.6 is 30.4 Å². The molecule has 0 saturated heterocycles. The molecule has 0 aliphatic rings. The number of unbranched alkanes of at least 4 members (excludes halogenated alkanes) is 2. The van der Waals surface area contributed by atoms with E-state index in [2.05, 4.69) is 43.0 Å². The first-order chi connectivity index (χ1) is 12.0. The summed E-state index contributed by atoms with van der Waals surface area (Å²) in [7, 11) is 3.41. The minimum atomic E-state index is 0.213. The van der Waals surface area contributed by atoms with Crippen LogP contribution in [0.1, 0.15) is 52.0 Å². The van der Waals surface area contributed by atoms with Crippen LogP contribution in [0.15, 0.2) is 12.4 Å². The molecule has 148 valence electrons. The van der Waals surface area contributed by atoms with E-state index in [1.807, 2.05) is 40.2 Å². The van der Waals surface area contributed by atoms with Crippen molar-refractivity contribution in [1.82, 2.24) is 9.97 Å². The Morgan fingerprint density at radius 1 is 1.24 bits per heavy atom. The molecular formula is C17H36IN5OS. The lowest BCUT2D eigenvalue weighted by molar-refractivity contribution is 0.409. The van der Waals surface area contributed by atoms with Gasteiger partial charge >= 0.3 is 0 Å². The van der Waals surface area contributed by atoms with Gasteiger partial charge in [0.2, 0.25) is 5.95 Å². The van der Waals surface area contributed by atoms with Crippen LogP contribution in [-0.2, 0) is 4.18 Å². The molecule has 0 amide bonds. The van der Waals surface area contributed by atoms with Crippen molar-refractivity contribution in [3.05, 3.63) is 18.0 Å². The number of anilines is 1. The summed E-state index contributed by atoms with van der Waals surface area (Å²) in [5.41, 5.74) is 11.6. The molecule has 1 aromatic rings. The third-order valence-corrected chi connectivity index (χ3v) is 4.28. The van der Waals surface area contributed by atoms with Gasteiger partial charge in [-0.25, -0.2) is 9.97 Å². The summed E-state index contributed by atoms with van der Waals surface area (Å²) in [5.74, 6) is 0.826. The molecule has 0 aromatic carbocycles. The highest BCUT2D eigenvalue weighted by Gasteiger charge is 2.01. The highest BCUT2D eigenvalue weighted by atomic mass is 127. The summed E-state index contributed by atoms with van der Waals surface area (Å²) < 4.78 is 4.74. The van der Waals surface area contributed by atoms with Gasteiger partial charge in [0.25, 0.3) is 0 Å². The van der Waals surface area contributed by atoms with Gasteiger partial charge in [0.15, 0.2) is 0 Å². The number of aryl methyl sites for hydroxylation is 1. The fraction of sp³-hybridized carbons (Fsp3) is 0.765. The van der Waals surface area contributed by atoms with Gasteiger partial charge in [-0.2, -0.15) is 0 Å². The maximum Gasteiger partial charge on any atom is 0.224 e. The lowest BCUT2D eigenvalue weighted by atomic mass is 10.2. The van der Waals surface area contributed by atoms with Crippen LogP contribution < -0.4 is 16.4 Å². The van der Waals surface area contributed by atoms with Gasteiger partial charge in [-0.3, -0.25) is 0 Å². The number of aromatic nitrogens is 2. The predicted molar refractivity (Wildman–Crippen MR) is 120 cm³/mol. The molecule has 1 aromatic heterocycles. The van der Waals surface area contributed by atoms with E-state index < -0.39 is 0 Å². The Kier molecular flexibility index (Phi) is 21.8. The number of hydrogen-bond donors (Lipinski definition) is 2. The second-order valence-electron chi connectivity index (χ2n) is 5.56. The smallest absolute Gasteiger partial charge is 0.224 e. The van der Waals surface area contributed by atoms with Gasteiger partial charge < -0.3 is 20.6 Å². The molecule has 0 aliphatic carbocycles. The van der Waals surface area contributed by atoms with Crippen LogP contribution in [0.2, 0.25) is 0 Å². The van der Waals surface area contributed by atoms with Gasteiger partial charge in [-0.05, 0) is 32.3 Å². The van der Waals surface area contributed by atoms with Gasteiger partial charge in [0.05, 0.1) is 15.8 Å². The second-order valence-corrected chi connectivity index (χ2v) is 7.00. The zero-order chi connectivity index (χ0) is 19.5. The highest BCUT2D eigenvalue weighted by Crippen LogP contribution is 2.10. The quantitative estimate of drug-likeness (QED) is 0.309. The van der Waals surface area contributed by atoms with Crippen LogP contribution in [0.25, 0.3) is 0 Å². The van der Waals surface area contributed by atoms with Crippen LogP contribution in [0.3, 0.4) is 0 Å². The Balaban J connectivity index is 0. The zero-order valence-corrected chi connectivity index (χ0v) is 19.3. The van der Waals surface area contributed by atoms with Crippen molar-refractivity contribution in [2.45, 2.75) is 59.4 Å². The van der Waals surface area contributed by atoms with Crippen molar-refractivity contribution >= 4 is 36.4 Å². The molecule has 0 spiro atoms. The van der Waals surface area contributed by atoms with Crippen LogP contribution in [0, 0.1) is 6.92 Å². The van der Waals surface area contributed by atoms with E-state index in [4.69, 9.17) is 15.7 Å². The van der Waals surface area contributed by atoms with Crippen LogP contribution in [-0.4, -0.2) is 42.8 Å². The Bertz CT molecular complexity index is 378. The minimum absolute atomic E-state index is 0.213. The van der Waals surface area contributed by atoms with Gasteiger partial charge in [0.1, 0.15) is 0 Å². The largest absolute Gasteiger partial charge is 0.344 e. The second kappa shape index (κ2) is 20.2. The van der Waals surface area contributed by atoms with Crippen LogP contribution in [0.5, 0.6) is 0 Å². The fourth-order valence-corrected chi connectivity index (χ4v) is 2.34. The van der Waals surface area contributed by atoms with Crippen molar-refractivity contribution in [2.75, 3.05) is 31.6 Å². The molecule has 0 radical (unpaired) electrons. The van der Waals surface area contributed by atoms with E-state index in [0.717, 1.165) is 31.1 Å². The van der Waals surface area contributed by atoms with E-state index in [1.54, 1.807) is 0 Å². The Labute approximate surface area is 170 Å². The monoisotopic (exact) mass is 485 g/mol. The lowest BCUT2D eigenvalue weighted by Gasteiger charge is -2.16. The summed E-state index contributed by atoms with van der Waals surface area (Å²) in [6, 6.07) is 0.213. The van der Waals surface area contributed by atoms with Crippen molar-refractivity contribution in [2.24, 2.45) is 11.5 Å². The summed E-state index contributed by atoms with van der Waals surface area (Å²) in [6.45, 7) is 10.6. The maximum absolute atomic E-state index is 5.35. The third kappa shape index (κ3) is 18.4. The number of nitrogens with two attached hydrogens (primary N) is 2. The first kappa shape index (κ1) is 27.1. The molecule has 4 N–H and O–H groups in total. The van der Waals surface area contributed by atoms with E-state index >= 15 is 0 Å². The summed E-state index contributed by atoms with van der Waals surface area (Å²) in [6.07, 6.45) is 8.44. The van der Waals surface area contributed by atoms with E-state index in [1.165, 1.54) is 28.5 Å². The highest BCUT2D eigenvalue weighted by molar-refractivity contribution is 14.2. The summed E-state index contributed by atoms with van der Waals surface area (Å²) >= 11 is 2.08. The first-order valence-electron chi connectivity index (χ1n) is 8.82. The van der Waals surface area contributed by atoms with Gasteiger partial charge in [0, 0.05) is 59.8 Å². The standard InChI is InChI=1S/C11H19N3.C4H12N2.C2H5IOS/c1-4-5-6-7-14(3)11-12-8-10(2)9-13-11;1-2-4(6)3-5;1-2-4-5-3/h8-9H,4-7H2,1-3H3;4H,2-3,5-6H2,1H3;2H2,1H3. The molecule has 25 heavy (non-hydrogen) atoms. The fourth-order valence-electron chi connectivity index (χ4n) is 1.49. The molecule has 1 unspecified atom stereocenters. The molecule has 6 nitrogen and oxygen atoms in total. The normalized spacial score (nSPS) is 10.9. The minimum Gasteiger partial charge on any atom is -0.344 e. The number of nitrogens with zero attached hydrogens (tertiary/aromatic N) is 3. The van der Waals surface area contributed by atoms with E-state index in [0.29, 0.717) is 6.54 Å². The first-order valence-corrected chi connectivity index (χ1v) is 12.1. The lowest BCUT2D eigenvalue weighted by Crippen LogP contribution is -2.28. The Hall–Kier alpha value is -0.160. The zero-order valence-electron chi connectivity index (χ0n) is 16.4. The Morgan fingerprint density at radius 2 is 1.84 bits per heavy atom. The molecule has 0 saturated carbocycles. The number of hydrogen-bond acceptors (Lipinski definition) is 7. The van der Waals surface area contributed by atoms with Crippen LogP contribution in [0.4, 0.5) is 5.95 Å².